The third-order valence-electron chi connectivity index (χ3n) is 2.13. The van der Waals surface area contributed by atoms with E-state index in [-0.39, 0.29) is 17.1 Å². The van der Waals surface area contributed by atoms with Gasteiger partial charge in [-0.3, -0.25) is 4.79 Å². The minimum atomic E-state index is -1.58. The van der Waals surface area contributed by atoms with Gasteiger partial charge in [0.25, 0.3) is 0 Å². The van der Waals surface area contributed by atoms with Gasteiger partial charge in [0.15, 0.2) is 0 Å². The second-order valence-corrected chi connectivity index (χ2v) is 3.39. The van der Waals surface area contributed by atoms with E-state index in [0.717, 1.165) is 0 Å². The maximum Gasteiger partial charge on any atom is 0.220 e. The van der Waals surface area contributed by atoms with Crippen molar-refractivity contribution < 1.29 is 25.2 Å². The van der Waals surface area contributed by atoms with Gasteiger partial charge in [0.2, 0.25) is 5.91 Å². The van der Waals surface area contributed by atoms with Gasteiger partial charge in [-0.25, -0.2) is 0 Å². The van der Waals surface area contributed by atoms with Crippen LogP contribution in [0, 0.1) is 0 Å². The summed E-state index contributed by atoms with van der Waals surface area (Å²) in [7, 11) is 0. The number of benzene rings is 1. The fraction of sp³-hybridized carbons (Fsp3) is 0.300. The molecule has 6 heteroatoms. The van der Waals surface area contributed by atoms with Crippen LogP contribution in [0.2, 0.25) is 0 Å². The lowest BCUT2D eigenvalue weighted by atomic mass is 10.00. The van der Waals surface area contributed by atoms with E-state index in [2.05, 4.69) is 0 Å². The van der Waals surface area contributed by atoms with Crippen molar-refractivity contribution >= 4 is 5.91 Å². The second-order valence-electron chi connectivity index (χ2n) is 3.39. The summed E-state index contributed by atoms with van der Waals surface area (Å²) in [6.45, 7) is 0. The molecule has 0 spiro atoms. The molecule has 88 valence electrons. The molecule has 0 heterocycles. The zero-order chi connectivity index (χ0) is 12.3. The van der Waals surface area contributed by atoms with E-state index < -0.39 is 24.5 Å². The van der Waals surface area contributed by atoms with Crippen molar-refractivity contribution in [2.45, 2.75) is 18.6 Å². The standard InChI is InChI=1S/C10H13NO5/c11-8(15)4-7(14)10(16)9-5(12)2-1-3-6(9)13/h1-3,7,10,12-14,16H,4H2,(H2,11,15). The molecule has 1 rings (SSSR count). The van der Waals surface area contributed by atoms with Crippen LogP contribution in [0.15, 0.2) is 18.2 Å². The van der Waals surface area contributed by atoms with Crippen molar-refractivity contribution in [3.8, 4) is 11.5 Å². The molecule has 0 saturated heterocycles. The summed E-state index contributed by atoms with van der Waals surface area (Å²) in [5.74, 6) is -1.52. The summed E-state index contributed by atoms with van der Waals surface area (Å²) < 4.78 is 0. The summed E-state index contributed by atoms with van der Waals surface area (Å²) >= 11 is 0. The van der Waals surface area contributed by atoms with Crippen LogP contribution in [-0.4, -0.2) is 32.4 Å². The average molecular weight is 227 g/mol. The fourth-order valence-electron chi connectivity index (χ4n) is 1.35. The number of phenolic OH excluding ortho intramolecular Hbond substituents is 2. The molecule has 0 saturated carbocycles. The van der Waals surface area contributed by atoms with Gasteiger partial charge in [0.05, 0.1) is 18.1 Å². The number of aliphatic hydroxyl groups excluding tert-OH is 2. The largest absolute Gasteiger partial charge is 0.507 e. The Morgan fingerprint density at radius 3 is 2.19 bits per heavy atom. The van der Waals surface area contributed by atoms with E-state index in [9.17, 15) is 25.2 Å². The molecule has 1 amide bonds. The lowest BCUT2D eigenvalue weighted by Gasteiger charge is -2.18. The van der Waals surface area contributed by atoms with Crippen molar-refractivity contribution in [2.24, 2.45) is 5.73 Å². The van der Waals surface area contributed by atoms with E-state index in [1.165, 1.54) is 18.2 Å². The summed E-state index contributed by atoms with van der Waals surface area (Å²) in [5, 5.41) is 37.8. The molecular weight excluding hydrogens is 214 g/mol. The monoisotopic (exact) mass is 227 g/mol. The Bertz CT molecular complexity index is 373. The molecule has 2 unspecified atom stereocenters. The fourth-order valence-corrected chi connectivity index (χ4v) is 1.35. The number of amides is 1. The summed E-state index contributed by atoms with van der Waals surface area (Å²) in [4.78, 5) is 10.5. The zero-order valence-corrected chi connectivity index (χ0v) is 8.37. The van der Waals surface area contributed by atoms with Crippen LogP contribution in [0.5, 0.6) is 11.5 Å². The molecule has 6 N–H and O–H groups in total. The first-order valence-corrected chi connectivity index (χ1v) is 4.58. The normalized spacial score (nSPS) is 14.4. The zero-order valence-electron chi connectivity index (χ0n) is 8.37. The first-order chi connectivity index (χ1) is 7.43. The Kier molecular flexibility index (Phi) is 3.70. The highest BCUT2D eigenvalue weighted by Crippen LogP contribution is 2.34. The minimum Gasteiger partial charge on any atom is -0.507 e. The third kappa shape index (κ3) is 2.62. The van der Waals surface area contributed by atoms with Crippen LogP contribution in [0.25, 0.3) is 0 Å². The van der Waals surface area contributed by atoms with Crippen molar-refractivity contribution in [2.75, 3.05) is 0 Å². The molecular formula is C10H13NO5. The van der Waals surface area contributed by atoms with E-state index in [1.54, 1.807) is 0 Å². The number of hydrogen-bond donors (Lipinski definition) is 5. The van der Waals surface area contributed by atoms with E-state index in [4.69, 9.17) is 5.73 Å². The lowest BCUT2D eigenvalue weighted by Crippen LogP contribution is -2.25. The highest BCUT2D eigenvalue weighted by molar-refractivity contribution is 5.74. The number of aliphatic hydroxyl groups is 2. The van der Waals surface area contributed by atoms with Gasteiger partial charge in [-0.1, -0.05) is 6.07 Å². The number of carbonyl (C=O) groups excluding carboxylic acids is 1. The molecule has 1 aromatic carbocycles. The maximum absolute atomic E-state index is 10.5. The van der Waals surface area contributed by atoms with Gasteiger partial charge in [-0.15, -0.1) is 0 Å². The highest BCUT2D eigenvalue weighted by Gasteiger charge is 2.25. The molecule has 1 aromatic rings. The van der Waals surface area contributed by atoms with Crippen LogP contribution in [-0.2, 0) is 4.79 Å². The molecule has 6 nitrogen and oxygen atoms in total. The number of nitrogens with two attached hydrogens (primary N) is 1. The molecule has 2 atom stereocenters. The van der Waals surface area contributed by atoms with Crippen molar-refractivity contribution in [1.29, 1.82) is 0 Å². The van der Waals surface area contributed by atoms with Gasteiger partial charge in [0.1, 0.15) is 17.6 Å². The first kappa shape index (κ1) is 12.3. The Morgan fingerprint density at radius 2 is 1.75 bits per heavy atom. The van der Waals surface area contributed by atoms with E-state index >= 15 is 0 Å². The molecule has 0 bridgehead atoms. The lowest BCUT2D eigenvalue weighted by molar-refractivity contribution is -0.121. The SMILES string of the molecule is NC(=O)CC(O)C(O)c1c(O)cccc1O. The molecule has 0 aliphatic heterocycles. The number of aromatic hydroxyl groups is 2. The average Bonchev–Trinajstić information content (AvgIpc) is 2.16. The second kappa shape index (κ2) is 4.82. The van der Waals surface area contributed by atoms with Crippen molar-refractivity contribution in [3.63, 3.8) is 0 Å². The van der Waals surface area contributed by atoms with Crippen molar-refractivity contribution in [1.82, 2.24) is 0 Å². The van der Waals surface area contributed by atoms with Gasteiger partial charge in [-0.05, 0) is 12.1 Å². The number of rotatable bonds is 4. The van der Waals surface area contributed by atoms with Crippen LogP contribution < -0.4 is 5.73 Å². The minimum absolute atomic E-state index is 0.226. The van der Waals surface area contributed by atoms with Crippen LogP contribution >= 0.6 is 0 Å². The van der Waals surface area contributed by atoms with Gasteiger partial charge >= 0.3 is 0 Å². The van der Waals surface area contributed by atoms with Crippen LogP contribution in [0.1, 0.15) is 18.1 Å². The van der Waals surface area contributed by atoms with Crippen LogP contribution in [0.3, 0.4) is 0 Å². The molecule has 0 aromatic heterocycles. The number of primary amides is 1. The van der Waals surface area contributed by atoms with E-state index in [1.807, 2.05) is 0 Å². The predicted octanol–water partition coefficient (Wildman–Crippen LogP) is -0.633. The summed E-state index contributed by atoms with van der Waals surface area (Å²) in [6.07, 6.45) is -3.51. The van der Waals surface area contributed by atoms with E-state index in [0.29, 0.717) is 0 Å². The third-order valence-corrected chi connectivity index (χ3v) is 2.13. The number of phenols is 2. The van der Waals surface area contributed by atoms with Crippen LogP contribution in [0.4, 0.5) is 0 Å². The van der Waals surface area contributed by atoms with Gasteiger partial charge in [0, 0.05) is 0 Å². The highest BCUT2D eigenvalue weighted by atomic mass is 16.3. The quantitative estimate of drug-likeness (QED) is 0.468. The van der Waals surface area contributed by atoms with Gasteiger partial charge in [-0.2, -0.15) is 0 Å². The maximum atomic E-state index is 10.5. The predicted molar refractivity (Wildman–Crippen MR) is 54.5 cm³/mol. The molecule has 0 radical (unpaired) electrons. The Balaban J connectivity index is 2.95. The first-order valence-electron chi connectivity index (χ1n) is 4.58. The number of hydrogen-bond acceptors (Lipinski definition) is 5. The molecule has 0 aliphatic carbocycles. The number of carbonyl (C=O) groups is 1. The Morgan fingerprint density at radius 1 is 1.25 bits per heavy atom. The molecule has 0 fully saturated rings. The summed E-state index contributed by atoms with van der Waals surface area (Å²) in [6, 6.07) is 3.87. The smallest absolute Gasteiger partial charge is 0.220 e. The topological polar surface area (TPSA) is 124 Å². The Hall–Kier alpha value is -1.79. The molecule has 16 heavy (non-hydrogen) atoms. The Labute approximate surface area is 91.6 Å². The molecule has 0 aliphatic rings. The summed E-state index contributed by atoms with van der Waals surface area (Å²) in [5.41, 5.74) is 4.62. The van der Waals surface area contributed by atoms with Crippen molar-refractivity contribution in [3.05, 3.63) is 23.8 Å². The van der Waals surface area contributed by atoms with Gasteiger partial charge < -0.3 is 26.2 Å².